The van der Waals surface area contributed by atoms with E-state index >= 15 is 0 Å². The van der Waals surface area contributed by atoms with Crippen molar-refractivity contribution in [3.8, 4) is 11.3 Å². The van der Waals surface area contributed by atoms with Crippen molar-refractivity contribution in [2.45, 2.75) is 40.7 Å². The van der Waals surface area contributed by atoms with Crippen LogP contribution >= 0.6 is 0 Å². The Bertz CT molecular complexity index is 1100. The van der Waals surface area contributed by atoms with E-state index in [1.54, 1.807) is 13.0 Å². The molecule has 5 heteroatoms. The smallest absolute Gasteiger partial charge is 0.267 e. The van der Waals surface area contributed by atoms with Crippen LogP contribution in [0, 0.1) is 27.7 Å². The number of benzene rings is 2. The number of nitrogens with one attached hydrogen (secondary N) is 1. The average molecular weight is 375 g/mol. The number of anilines is 1. The number of hydrogen-bond donors (Lipinski definition) is 1. The number of nitrogens with zero attached hydrogens (tertiary/aromatic N) is 2. The normalized spacial score (nSPS) is 11.9. The molecular weight excluding hydrogens is 350 g/mol. The van der Waals surface area contributed by atoms with E-state index in [4.69, 9.17) is 0 Å². The van der Waals surface area contributed by atoms with Gasteiger partial charge in [-0.05, 0) is 69.5 Å². The molecule has 0 saturated heterocycles. The lowest BCUT2D eigenvalue weighted by atomic mass is 10.0. The van der Waals surface area contributed by atoms with Crippen molar-refractivity contribution in [2.75, 3.05) is 5.32 Å². The molecule has 28 heavy (non-hydrogen) atoms. The van der Waals surface area contributed by atoms with Crippen molar-refractivity contribution in [2.24, 2.45) is 0 Å². The molecule has 0 bridgehead atoms. The van der Waals surface area contributed by atoms with Gasteiger partial charge in [-0.3, -0.25) is 9.59 Å². The van der Waals surface area contributed by atoms with E-state index in [1.165, 1.54) is 16.3 Å². The number of rotatable bonds is 4. The van der Waals surface area contributed by atoms with Crippen LogP contribution < -0.4 is 10.9 Å². The van der Waals surface area contributed by atoms with E-state index in [0.29, 0.717) is 5.69 Å². The summed E-state index contributed by atoms with van der Waals surface area (Å²) < 4.78 is 1.24. The van der Waals surface area contributed by atoms with Gasteiger partial charge in [0.05, 0.1) is 5.69 Å². The molecule has 3 rings (SSSR count). The second-order valence-corrected chi connectivity index (χ2v) is 7.28. The summed E-state index contributed by atoms with van der Waals surface area (Å²) in [5.74, 6) is -0.279. The average Bonchev–Trinajstić information content (AvgIpc) is 2.66. The van der Waals surface area contributed by atoms with Gasteiger partial charge in [-0.2, -0.15) is 5.10 Å². The molecule has 0 radical (unpaired) electrons. The molecule has 3 aromatic rings. The van der Waals surface area contributed by atoms with E-state index < -0.39 is 6.04 Å². The van der Waals surface area contributed by atoms with Crippen LogP contribution in [0.3, 0.4) is 0 Å². The van der Waals surface area contributed by atoms with E-state index in [9.17, 15) is 9.59 Å². The molecule has 1 unspecified atom stereocenters. The van der Waals surface area contributed by atoms with Crippen molar-refractivity contribution in [1.82, 2.24) is 9.78 Å². The molecule has 1 amide bonds. The van der Waals surface area contributed by atoms with E-state index in [-0.39, 0.29) is 11.5 Å². The van der Waals surface area contributed by atoms with Crippen molar-refractivity contribution in [3.63, 3.8) is 0 Å². The first-order valence-electron chi connectivity index (χ1n) is 9.32. The molecule has 1 N–H and O–H groups in total. The number of carbonyl (C=O) groups is 1. The second-order valence-electron chi connectivity index (χ2n) is 7.28. The first kappa shape index (κ1) is 19.5. The number of amides is 1. The van der Waals surface area contributed by atoms with E-state index in [0.717, 1.165) is 27.9 Å². The third-order valence-electron chi connectivity index (χ3n) is 5.01. The zero-order valence-corrected chi connectivity index (χ0v) is 16.9. The molecule has 1 heterocycles. The molecule has 0 aliphatic carbocycles. The topological polar surface area (TPSA) is 64.0 Å². The molecule has 0 saturated carbocycles. The Morgan fingerprint density at radius 1 is 0.929 bits per heavy atom. The lowest BCUT2D eigenvalue weighted by molar-refractivity contribution is -0.119. The Kier molecular flexibility index (Phi) is 5.45. The number of carbonyl (C=O) groups excluding carboxylic acids is 1. The summed E-state index contributed by atoms with van der Waals surface area (Å²) >= 11 is 0. The molecule has 2 aromatic carbocycles. The predicted molar refractivity (Wildman–Crippen MR) is 113 cm³/mol. The summed E-state index contributed by atoms with van der Waals surface area (Å²) in [7, 11) is 0. The van der Waals surface area contributed by atoms with Crippen molar-refractivity contribution in [1.29, 1.82) is 0 Å². The molecule has 0 aliphatic heterocycles. The Balaban J connectivity index is 1.90. The molecule has 1 aromatic heterocycles. The summed E-state index contributed by atoms with van der Waals surface area (Å²) in [6.07, 6.45) is 0. The van der Waals surface area contributed by atoms with Gasteiger partial charge >= 0.3 is 0 Å². The third-order valence-corrected chi connectivity index (χ3v) is 5.01. The standard InChI is InChI=1S/C23H25N3O2/c1-14-6-9-20(17(4)12-14)24-23(28)18(5)26-22(27)11-10-21(25-26)19-8-7-15(2)16(3)13-19/h6-13,18H,1-5H3,(H,24,28). The number of aromatic nitrogens is 2. The minimum atomic E-state index is -0.736. The highest BCUT2D eigenvalue weighted by molar-refractivity contribution is 5.94. The fourth-order valence-corrected chi connectivity index (χ4v) is 3.06. The number of hydrogen-bond acceptors (Lipinski definition) is 3. The summed E-state index contributed by atoms with van der Waals surface area (Å²) in [6.45, 7) is 9.71. The second kappa shape index (κ2) is 7.80. The van der Waals surface area contributed by atoms with Crippen molar-refractivity contribution in [3.05, 3.63) is 81.1 Å². The van der Waals surface area contributed by atoms with Gasteiger partial charge in [0, 0.05) is 17.3 Å². The van der Waals surface area contributed by atoms with Gasteiger partial charge in [0.25, 0.3) is 5.56 Å². The maximum absolute atomic E-state index is 12.7. The van der Waals surface area contributed by atoms with Crippen LogP contribution in [0.5, 0.6) is 0 Å². The Hall–Kier alpha value is -3.21. The summed E-state index contributed by atoms with van der Waals surface area (Å²) in [6, 6.07) is 14.3. The zero-order valence-electron chi connectivity index (χ0n) is 16.9. The number of aryl methyl sites for hydroxylation is 4. The highest BCUT2D eigenvalue weighted by atomic mass is 16.2. The summed E-state index contributed by atoms with van der Waals surface area (Å²) in [5.41, 5.74) is 6.45. The molecular formula is C23H25N3O2. The predicted octanol–water partition coefficient (Wildman–Crippen LogP) is 4.34. The van der Waals surface area contributed by atoms with Gasteiger partial charge in [-0.15, -0.1) is 0 Å². The molecule has 0 aliphatic rings. The highest BCUT2D eigenvalue weighted by Gasteiger charge is 2.19. The molecule has 0 spiro atoms. The van der Waals surface area contributed by atoms with Gasteiger partial charge in [-0.1, -0.05) is 29.8 Å². The van der Waals surface area contributed by atoms with Crippen LogP contribution in [0.25, 0.3) is 11.3 Å². The third kappa shape index (κ3) is 4.03. The van der Waals surface area contributed by atoms with Crippen LogP contribution in [0.15, 0.2) is 53.3 Å². The largest absolute Gasteiger partial charge is 0.324 e. The summed E-state index contributed by atoms with van der Waals surface area (Å²) in [5, 5.41) is 7.36. The summed E-state index contributed by atoms with van der Waals surface area (Å²) in [4.78, 5) is 25.1. The van der Waals surface area contributed by atoms with Crippen LogP contribution in [0.2, 0.25) is 0 Å². The molecule has 144 valence electrons. The first-order chi connectivity index (χ1) is 13.3. The lowest BCUT2D eigenvalue weighted by Gasteiger charge is -2.16. The van der Waals surface area contributed by atoms with Gasteiger partial charge in [0.15, 0.2) is 0 Å². The highest BCUT2D eigenvalue weighted by Crippen LogP contribution is 2.21. The maximum atomic E-state index is 12.7. The van der Waals surface area contributed by atoms with Crippen LogP contribution in [0.1, 0.15) is 35.2 Å². The lowest BCUT2D eigenvalue weighted by Crippen LogP contribution is -2.33. The van der Waals surface area contributed by atoms with Crippen LogP contribution in [-0.4, -0.2) is 15.7 Å². The molecule has 0 fully saturated rings. The minimum Gasteiger partial charge on any atom is -0.324 e. The van der Waals surface area contributed by atoms with Gasteiger partial charge in [-0.25, -0.2) is 4.68 Å². The Morgan fingerprint density at radius 3 is 2.36 bits per heavy atom. The maximum Gasteiger partial charge on any atom is 0.267 e. The van der Waals surface area contributed by atoms with Gasteiger partial charge < -0.3 is 5.32 Å². The first-order valence-corrected chi connectivity index (χ1v) is 9.32. The monoisotopic (exact) mass is 375 g/mol. The van der Waals surface area contributed by atoms with Crippen LogP contribution in [0.4, 0.5) is 5.69 Å². The molecule has 5 nitrogen and oxygen atoms in total. The zero-order chi connectivity index (χ0) is 20.4. The Morgan fingerprint density at radius 2 is 1.68 bits per heavy atom. The quantitative estimate of drug-likeness (QED) is 0.738. The molecule has 1 atom stereocenters. The van der Waals surface area contributed by atoms with Crippen molar-refractivity contribution >= 4 is 11.6 Å². The van der Waals surface area contributed by atoms with Gasteiger partial charge in [0.2, 0.25) is 5.91 Å². The van der Waals surface area contributed by atoms with E-state index in [1.807, 2.05) is 64.1 Å². The fourth-order valence-electron chi connectivity index (χ4n) is 3.06. The SMILES string of the molecule is Cc1ccc(NC(=O)C(C)n2nc(-c3ccc(C)c(C)c3)ccc2=O)c(C)c1. The fraction of sp³-hybridized carbons (Fsp3) is 0.261. The van der Waals surface area contributed by atoms with Gasteiger partial charge in [0.1, 0.15) is 6.04 Å². The van der Waals surface area contributed by atoms with Crippen molar-refractivity contribution < 1.29 is 4.79 Å². The van der Waals surface area contributed by atoms with E-state index in [2.05, 4.69) is 10.4 Å². The minimum absolute atomic E-state index is 0.279. The Labute approximate surface area is 165 Å². The van der Waals surface area contributed by atoms with Crippen LogP contribution in [-0.2, 0) is 4.79 Å².